The number of carboxylic acids is 1. The van der Waals surface area contributed by atoms with Crippen molar-refractivity contribution < 1.29 is 14.3 Å². The lowest BCUT2D eigenvalue weighted by molar-refractivity contribution is 0.0695. The first-order valence-electron chi connectivity index (χ1n) is 2.91. The summed E-state index contributed by atoms with van der Waals surface area (Å²) in [4.78, 5) is 10.4. The Balaban J connectivity index is 3.17. The molecule has 0 aromatic carbocycles. The highest BCUT2D eigenvalue weighted by Crippen LogP contribution is 2.14. The molecule has 0 fully saturated rings. The van der Waals surface area contributed by atoms with Crippen LogP contribution in [0, 0.1) is 13.8 Å². The van der Waals surface area contributed by atoms with Crippen LogP contribution < -0.4 is 0 Å². The molecule has 0 bridgehead atoms. The number of aromatic carboxylic acids is 1. The van der Waals surface area contributed by atoms with Crippen molar-refractivity contribution in [1.82, 2.24) is 0 Å². The van der Waals surface area contributed by atoms with Crippen molar-refractivity contribution in [2.75, 3.05) is 0 Å². The molecule has 1 rings (SSSR count). The minimum absolute atomic E-state index is 0.248. The molecule has 1 aromatic heterocycles. The molecule has 1 aromatic rings. The fraction of sp³-hybridized carbons (Fsp3) is 0.286. The Kier molecular flexibility index (Phi) is 1.49. The largest absolute Gasteiger partial charge is 0.478 e. The predicted octanol–water partition coefficient (Wildman–Crippen LogP) is 1.59. The minimum atomic E-state index is -0.936. The molecule has 0 aliphatic heterocycles. The lowest BCUT2D eigenvalue weighted by Gasteiger charge is -1.87. The van der Waals surface area contributed by atoms with Crippen molar-refractivity contribution in [3.05, 3.63) is 23.2 Å². The average molecular weight is 140 g/mol. The highest BCUT2D eigenvalue weighted by atomic mass is 16.4. The number of hydrogen-bond donors (Lipinski definition) is 1. The predicted molar refractivity (Wildman–Crippen MR) is 35.1 cm³/mol. The van der Waals surface area contributed by atoms with E-state index in [1.807, 2.05) is 0 Å². The zero-order valence-electron chi connectivity index (χ0n) is 5.84. The summed E-state index contributed by atoms with van der Waals surface area (Å²) >= 11 is 0. The molecule has 0 amide bonds. The maximum Gasteiger partial charge on any atom is 0.339 e. The molecular weight excluding hydrogens is 132 g/mol. The molecule has 0 radical (unpaired) electrons. The van der Waals surface area contributed by atoms with E-state index in [0.717, 1.165) is 0 Å². The van der Waals surface area contributed by atoms with Gasteiger partial charge in [0.05, 0.1) is 0 Å². The van der Waals surface area contributed by atoms with E-state index in [1.54, 1.807) is 13.8 Å². The van der Waals surface area contributed by atoms with Gasteiger partial charge < -0.3 is 9.52 Å². The summed E-state index contributed by atoms with van der Waals surface area (Å²) in [6.07, 6.45) is 1.26. The van der Waals surface area contributed by atoms with Crippen molar-refractivity contribution in [2.45, 2.75) is 13.8 Å². The van der Waals surface area contributed by atoms with E-state index in [4.69, 9.17) is 9.52 Å². The molecule has 1 heterocycles. The second kappa shape index (κ2) is 2.17. The van der Waals surface area contributed by atoms with Crippen LogP contribution in [0.5, 0.6) is 0 Å². The third-order valence-corrected chi connectivity index (χ3v) is 1.52. The Morgan fingerprint density at radius 2 is 2.20 bits per heavy atom. The molecule has 3 nitrogen and oxygen atoms in total. The van der Waals surface area contributed by atoms with Gasteiger partial charge in [0.1, 0.15) is 17.6 Å². The highest BCUT2D eigenvalue weighted by Gasteiger charge is 2.11. The lowest BCUT2D eigenvalue weighted by Crippen LogP contribution is -1.95. The van der Waals surface area contributed by atoms with Gasteiger partial charge in [-0.3, -0.25) is 0 Å². The summed E-state index contributed by atoms with van der Waals surface area (Å²) in [6.45, 7) is 3.46. The van der Waals surface area contributed by atoms with Gasteiger partial charge in [-0.25, -0.2) is 4.79 Å². The summed E-state index contributed by atoms with van der Waals surface area (Å²) in [5, 5.41) is 8.52. The minimum Gasteiger partial charge on any atom is -0.478 e. The van der Waals surface area contributed by atoms with Gasteiger partial charge in [0.2, 0.25) is 0 Å². The maximum absolute atomic E-state index is 10.4. The van der Waals surface area contributed by atoms with Crippen LogP contribution in [0.4, 0.5) is 0 Å². The summed E-state index contributed by atoms with van der Waals surface area (Å²) in [6, 6.07) is 0. The van der Waals surface area contributed by atoms with Gasteiger partial charge in [-0.15, -0.1) is 0 Å². The van der Waals surface area contributed by atoms with Crippen LogP contribution in [0.1, 0.15) is 21.7 Å². The van der Waals surface area contributed by atoms with E-state index in [0.29, 0.717) is 11.3 Å². The van der Waals surface area contributed by atoms with E-state index in [1.165, 1.54) is 6.26 Å². The fourth-order valence-electron chi connectivity index (χ4n) is 0.725. The zero-order chi connectivity index (χ0) is 7.72. The molecule has 0 aliphatic rings. The molecule has 1 N–H and O–H groups in total. The highest BCUT2D eigenvalue weighted by molar-refractivity contribution is 5.89. The molecule has 3 heteroatoms. The van der Waals surface area contributed by atoms with E-state index in [2.05, 4.69) is 0 Å². The average Bonchev–Trinajstić information content (AvgIpc) is 2.14. The van der Waals surface area contributed by atoms with Gasteiger partial charge in [-0.2, -0.15) is 0 Å². The zero-order valence-corrected chi connectivity index (χ0v) is 5.84. The van der Waals surface area contributed by atoms with Crippen LogP contribution in [-0.2, 0) is 0 Å². The number of furan rings is 1. The normalized spacial score (nSPS) is 9.80. The van der Waals surface area contributed by atoms with Gasteiger partial charge in [0, 0.05) is 5.56 Å². The number of rotatable bonds is 1. The first-order valence-corrected chi connectivity index (χ1v) is 2.91. The molecule has 0 atom stereocenters. The summed E-state index contributed by atoms with van der Waals surface area (Å²) in [7, 11) is 0. The number of carboxylic acid groups (broad SMARTS) is 1. The molecular formula is C7H8O3. The molecule has 54 valence electrons. The molecule has 0 aliphatic carbocycles. The quantitative estimate of drug-likeness (QED) is 0.644. The molecule has 0 unspecified atom stereocenters. The molecule has 0 spiro atoms. The van der Waals surface area contributed by atoms with Crippen molar-refractivity contribution in [3.8, 4) is 0 Å². The van der Waals surface area contributed by atoms with Gasteiger partial charge in [-0.05, 0) is 13.8 Å². The first kappa shape index (κ1) is 6.86. The van der Waals surface area contributed by atoms with Crippen LogP contribution in [0.25, 0.3) is 0 Å². The SMILES string of the molecule is Cc1occ(C(=O)O)c1C. The lowest BCUT2D eigenvalue weighted by atomic mass is 10.2. The Bertz CT molecular complexity index is 260. The smallest absolute Gasteiger partial charge is 0.339 e. The van der Waals surface area contributed by atoms with Crippen LogP contribution in [0.15, 0.2) is 10.7 Å². The van der Waals surface area contributed by atoms with Crippen molar-refractivity contribution in [3.63, 3.8) is 0 Å². The van der Waals surface area contributed by atoms with Crippen LogP contribution >= 0.6 is 0 Å². The maximum atomic E-state index is 10.4. The van der Waals surface area contributed by atoms with Crippen LogP contribution in [0.2, 0.25) is 0 Å². The van der Waals surface area contributed by atoms with Crippen molar-refractivity contribution >= 4 is 5.97 Å². The fourth-order valence-corrected chi connectivity index (χ4v) is 0.725. The summed E-state index contributed by atoms with van der Waals surface area (Å²) < 4.78 is 4.88. The second-order valence-electron chi connectivity index (χ2n) is 2.14. The van der Waals surface area contributed by atoms with Crippen LogP contribution in [0.3, 0.4) is 0 Å². The Morgan fingerprint density at radius 1 is 1.60 bits per heavy atom. The monoisotopic (exact) mass is 140 g/mol. The molecule has 0 saturated heterocycles. The Hall–Kier alpha value is -1.25. The van der Waals surface area contributed by atoms with Crippen LogP contribution in [-0.4, -0.2) is 11.1 Å². The van der Waals surface area contributed by atoms with Crippen molar-refractivity contribution in [2.24, 2.45) is 0 Å². The van der Waals surface area contributed by atoms with Gasteiger partial charge in [-0.1, -0.05) is 0 Å². The number of aryl methyl sites for hydroxylation is 1. The molecule has 0 saturated carbocycles. The van der Waals surface area contributed by atoms with E-state index < -0.39 is 5.97 Å². The van der Waals surface area contributed by atoms with E-state index in [-0.39, 0.29) is 5.56 Å². The standard InChI is InChI=1S/C7H8O3/c1-4-5(2)10-3-6(4)7(8)9/h3H,1-2H3,(H,8,9). The third-order valence-electron chi connectivity index (χ3n) is 1.52. The van der Waals surface area contributed by atoms with Gasteiger partial charge >= 0.3 is 5.97 Å². The van der Waals surface area contributed by atoms with Gasteiger partial charge in [0.25, 0.3) is 0 Å². The topological polar surface area (TPSA) is 50.4 Å². The Morgan fingerprint density at radius 3 is 2.40 bits per heavy atom. The molecule has 10 heavy (non-hydrogen) atoms. The summed E-state index contributed by atoms with van der Waals surface area (Å²) in [5.41, 5.74) is 0.949. The Labute approximate surface area is 58.3 Å². The van der Waals surface area contributed by atoms with E-state index in [9.17, 15) is 4.79 Å². The number of hydrogen-bond acceptors (Lipinski definition) is 2. The summed E-state index contributed by atoms with van der Waals surface area (Å²) in [5.74, 6) is -0.272. The van der Waals surface area contributed by atoms with Gasteiger partial charge in [0.15, 0.2) is 0 Å². The number of carbonyl (C=O) groups is 1. The van der Waals surface area contributed by atoms with Crippen molar-refractivity contribution in [1.29, 1.82) is 0 Å². The van der Waals surface area contributed by atoms with E-state index >= 15 is 0 Å². The first-order chi connectivity index (χ1) is 4.63. The second-order valence-corrected chi connectivity index (χ2v) is 2.14. The third kappa shape index (κ3) is 0.900.